The smallest absolute Gasteiger partial charge is 0.409 e. The Morgan fingerprint density at radius 2 is 2.21 bits per heavy atom. The molecule has 0 saturated carbocycles. The number of anilines is 1. The van der Waals surface area contributed by atoms with Gasteiger partial charge >= 0.3 is 6.09 Å². The number of nitrogens with one attached hydrogen (secondary N) is 1. The summed E-state index contributed by atoms with van der Waals surface area (Å²) < 4.78 is 10.4. The van der Waals surface area contributed by atoms with Crippen molar-refractivity contribution in [3.63, 3.8) is 0 Å². The van der Waals surface area contributed by atoms with Gasteiger partial charge in [0, 0.05) is 17.0 Å². The summed E-state index contributed by atoms with van der Waals surface area (Å²) in [7, 11) is 1.35. The summed E-state index contributed by atoms with van der Waals surface area (Å²) >= 11 is 1.33. The van der Waals surface area contributed by atoms with Crippen LogP contribution in [0.4, 0.5) is 9.80 Å². The number of ether oxygens (including phenoxy) is 2. The molecule has 0 aliphatic carbocycles. The van der Waals surface area contributed by atoms with E-state index in [2.05, 4.69) is 18.3 Å². The van der Waals surface area contributed by atoms with E-state index in [-0.39, 0.29) is 5.91 Å². The fourth-order valence-electron chi connectivity index (χ4n) is 3.13. The number of nitrogens with zero attached hydrogens (tertiary/aromatic N) is 2. The van der Waals surface area contributed by atoms with Crippen LogP contribution >= 0.6 is 11.3 Å². The molecule has 2 aromatic rings. The normalized spacial score (nSPS) is 12.7. The molecule has 1 aliphatic heterocycles. The zero-order chi connectivity index (χ0) is 20.8. The molecule has 0 atom stereocenters. The summed E-state index contributed by atoms with van der Waals surface area (Å²) in [5.74, 6) is 0.344. The van der Waals surface area contributed by atoms with E-state index in [1.807, 2.05) is 6.07 Å². The van der Waals surface area contributed by atoms with Gasteiger partial charge in [-0.1, -0.05) is 19.4 Å². The molecule has 7 nitrogen and oxygen atoms in total. The van der Waals surface area contributed by atoms with Crippen molar-refractivity contribution in [1.82, 2.24) is 4.90 Å². The van der Waals surface area contributed by atoms with Crippen LogP contribution < -0.4 is 10.1 Å². The molecular weight excluding hydrogens is 390 g/mol. The van der Waals surface area contributed by atoms with Crippen LogP contribution in [0, 0.1) is 11.3 Å². The number of rotatable bonds is 6. The summed E-state index contributed by atoms with van der Waals surface area (Å²) in [5.41, 5.74) is 1.83. The molecule has 152 valence electrons. The van der Waals surface area contributed by atoms with Crippen molar-refractivity contribution in [3.05, 3.63) is 45.8 Å². The summed E-state index contributed by atoms with van der Waals surface area (Å²) in [5, 5.41) is 13.0. The quantitative estimate of drug-likeness (QED) is 0.718. The van der Waals surface area contributed by atoms with Gasteiger partial charge in [0.05, 0.1) is 25.8 Å². The molecule has 8 heteroatoms. The second kappa shape index (κ2) is 9.43. The van der Waals surface area contributed by atoms with E-state index in [1.165, 1.54) is 18.4 Å². The molecule has 0 saturated heterocycles. The van der Waals surface area contributed by atoms with Crippen molar-refractivity contribution >= 4 is 28.3 Å². The van der Waals surface area contributed by atoms with Gasteiger partial charge in [0.25, 0.3) is 5.91 Å². The van der Waals surface area contributed by atoms with Crippen molar-refractivity contribution in [3.8, 4) is 11.8 Å². The van der Waals surface area contributed by atoms with Gasteiger partial charge in [0.2, 0.25) is 0 Å². The van der Waals surface area contributed by atoms with E-state index >= 15 is 0 Å². The highest BCUT2D eigenvalue weighted by atomic mass is 32.1. The van der Waals surface area contributed by atoms with Crippen LogP contribution in [0.2, 0.25) is 0 Å². The molecule has 0 unspecified atom stereocenters. The minimum atomic E-state index is -0.395. The third kappa shape index (κ3) is 4.69. The lowest BCUT2D eigenvalue weighted by atomic mass is 10.0. The lowest BCUT2D eigenvalue weighted by molar-refractivity contribution is 0.102. The first kappa shape index (κ1) is 20.7. The number of methoxy groups -OCH3 is 1. The van der Waals surface area contributed by atoms with Crippen molar-refractivity contribution in [2.75, 3.05) is 25.6 Å². The van der Waals surface area contributed by atoms with Gasteiger partial charge in [-0.2, -0.15) is 5.26 Å². The Labute approximate surface area is 173 Å². The molecular formula is C21H23N3O4S. The first-order valence-corrected chi connectivity index (χ1v) is 10.3. The Hall–Kier alpha value is -3.05. The van der Waals surface area contributed by atoms with E-state index in [4.69, 9.17) is 9.47 Å². The Morgan fingerprint density at radius 1 is 1.38 bits per heavy atom. The number of nitriles is 1. The fourth-order valence-corrected chi connectivity index (χ4v) is 4.34. The summed E-state index contributed by atoms with van der Waals surface area (Å²) in [4.78, 5) is 27.0. The maximum atomic E-state index is 12.7. The average molecular weight is 413 g/mol. The van der Waals surface area contributed by atoms with Gasteiger partial charge in [-0.3, -0.25) is 4.79 Å². The molecule has 0 spiro atoms. The van der Waals surface area contributed by atoms with Gasteiger partial charge in [0.1, 0.15) is 16.8 Å². The first-order chi connectivity index (χ1) is 14.1. The number of unbranched alkanes of at least 4 members (excludes halogenated alkanes) is 1. The molecule has 29 heavy (non-hydrogen) atoms. The molecule has 0 radical (unpaired) electrons. The Bertz CT molecular complexity index is 948. The number of carbonyl (C=O) groups excluding carboxylic acids is 2. The van der Waals surface area contributed by atoms with Gasteiger partial charge in [-0.05, 0) is 36.6 Å². The van der Waals surface area contributed by atoms with E-state index in [9.17, 15) is 14.9 Å². The summed E-state index contributed by atoms with van der Waals surface area (Å²) in [6, 6.07) is 9.20. The van der Waals surface area contributed by atoms with E-state index in [1.54, 1.807) is 23.1 Å². The summed E-state index contributed by atoms with van der Waals surface area (Å²) in [6.07, 6.45) is 2.15. The molecule has 1 aromatic heterocycles. The van der Waals surface area contributed by atoms with Crippen molar-refractivity contribution < 1.29 is 19.1 Å². The van der Waals surface area contributed by atoms with Gasteiger partial charge in [-0.25, -0.2) is 4.79 Å². The van der Waals surface area contributed by atoms with Crippen molar-refractivity contribution in [2.45, 2.75) is 32.7 Å². The highest BCUT2D eigenvalue weighted by Crippen LogP contribution is 2.37. The number of thiophene rings is 1. The number of amides is 2. The van der Waals surface area contributed by atoms with Gasteiger partial charge in [0.15, 0.2) is 0 Å². The van der Waals surface area contributed by atoms with E-state index in [0.717, 1.165) is 23.3 Å². The lowest BCUT2D eigenvalue weighted by Gasteiger charge is -2.25. The Kier molecular flexibility index (Phi) is 6.73. The highest BCUT2D eigenvalue weighted by molar-refractivity contribution is 7.16. The molecule has 2 heterocycles. The van der Waals surface area contributed by atoms with Crippen LogP contribution in [-0.4, -0.2) is 37.2 Å². The largest absolute Gasteiger partial charge is 0.494 e. The molecule has 1 aromatic carbocycles. The maximum Gasteiger partial charge on any atom is 0.409 e. The highest BCUT2D eigenvalue weighted by Gasteiger charge is 2.28. The molecule has 0 bridgehead atoms. The number of benzene rings is 1. The SMILES string of the molecule is CCCCOc1cccc(C(=O)Nc2sc3c(c2C#N)CCN(C(=O)OC)C3)c1. The average Bonchev–Trinajstić information content (AvgIpc) is 3.09. The molecule has 1 aliphatic rings. The second-order valence-electron chi connectivity index (χ2n) is 6.65. The fraction of sp³-hybridized carbons (Fsp3) is 0.381. The van der Waals surface area contributed by atoms with Crippen LogP contribution in [-0.2, 0) is 17.7 Å². The van der Waals surface area contributed by atoms with Crippen LogP contribution in [0.1, 0.15) is 46.1 Å². The number of hydrogen-bond acceptors (Lipinski definition) is 6. The summed E-state index contributed by atoms with van der Waals surface area (Å²) in [6.45, 7) is 3.55. The minimum absolute atomic E-state index is 0.300. The third-order valence-electron chi connectivity index (χ3n) is 4.69. The monoisotopic (exact) mass is 413 g/mol. The second-order valence-corrected chi connectivity index (χ2v) is 7.75. The third-order valence-corrected chi connectivity index (χ3v) is 5.82. The van der Waals surface area contributed by atoms with Crippen LogP contribution in [0.5, 0.6) is 5.75 Å². The number of hydrogen-bond donors (Lipinski definition) is 1. The van der Waals surface area contributed by atoms with Gasteiger partial charge < -0.3 is 19.7 Å². The van der Waals surface area contributed by atoms with Crippen molar-refractivity contribution in [2.24, 2.45) is 0 Å². The van der Waals surface area contributed by atoms with Crippen LogP contribution in [0.15, 0.2) is 24.3 Å². The number of carbonyl (C=O) groups is 2. The van der Waals surface area contributed by atoms with Crippen LogP contribution in [0.3, 0.4) is 0 Å². The van der Waals surface area contributed by atoms with Crippen LogP contribution in [0.25, 0.3) is 0 Å². The molecule has 3 rings (SSSR count). The number of fused-ring (bicyclic) bond motifs is 1. The zero-order valence-corrected chi connectivity index (χ0v) is 17.3. The molecule has 0 fully saturated rings. The molecule has 2 amide bonds. The zero-order valence-electron chi connectivity index (χ0n) is 16.5. The lowest BCUT2D eigenvalue weighted by Crippen LogP contribution is -2.35. The predicted octanol–water partition coefficient (Wildman–Crippen LogP) is 4.18. The minimum Gasteiger partial charge on any atom is -0.494 e. The van der Waals surface area contributed by atoms with Gasteiger partial charge in [-0.15, -0.1) is 11.3 Å². The predicted molar refractivity (Wildman–Crippen MR) is 110 cm³/mol. The Balaban J connectivity index is 1.76. The first-order valence-electron chi connectivity index (χ1n) is 9.49. The molecule has 1 N–H and O–H groups in total. The standard InChI is InChI=1S/C21H23N3O4S/c1-3-4-10-28-15-7-5-6-14(11-15)19(25)23-20-17(12-22)16-8-9-24(21(26)27-2)13-18(16)29-20/h5-7,11H,3-4,8-10,13H2,1-2H3,(H,23,25). The van der Waals surface area contributed by atoms with Crippen molar-refractivity contribution in [1.29, 1.82) is 5.26 Å². The maximum absolute atomic E-state index is 12.7. The van der Waals surface area contributed by atoms with E-state index in [0.29, 0.717) is 48.0 Å². The van der Waals surface area contributed by atoms with E-state index < -0.39 is 6.09 Å². The Morgan fingerprint density at radius 3 is 2.93 bits per heavy atom. The topological polar surface area (TPSA) is 91.7 Å².